The summed E-state index contributed by atoms with van der Waals surface area (Å²) in [6.07, 6.45) is 2.44. The lowest BCUT2D eigenvalue weighted by atomic mass is 10.1. The van der Waals surface area contributed by atoms with Gasteiger partial charge in [0.05, 0.1) is 11.2 Å². The van der Waals surface area contributed by atoms with Crippen LogP contribution in [0.5, 0.6) is 0 Å². The van der Waals surface area contributed by atoms with Crippen molar-refractivity contribution in [3.8, 4) is 0 Å². The van der Waals surface area contributed by atoms with Gasteiger partial charge in [-0.2, -0.15) is 0 Å². The Labute approximate surface area is 121 Å². The maximum Gasteiger partial charge on any atom is 0.262 e. The average molecular weight is 285 g/mol. The monoisotopic (exact) mass is 285 g/mol. The van der Waals surface area contributed by atoms with Crippen molar-refractivity contribution >= 4 is 22.7 Å². The lowest BCUT2D eigenvalue weighted by Gasteiger charge is -2.07. The summed E-state index contributed by atoms with van der Waals surface area (Å²) in [7, 11) is 0. The first-order chi connectivity index (χ1) is 9.76. The second-order valence-electron chi connectivity index (χ2n) is 4.54. The van der Waals surface area contributed by atoms with Crippen LogP contribution in [0.15, 0.2) is 51.3 Å². The molecule has 20 heavy (non-hydrogen) atoms. The summed E-state index contributed by atoms with van der Waals surface area (Å²) in [5, 5.41) is 2.66. The number of oxazole rings is 1. The summed E-state index contributed by atoms with van der Waals surface area (Å²) in [4.78, 5) is 9.02. The zero-order chi connectivity index (χ0) is 13.9. The fourth-order valence-electron chi connectivity index (χ4n) is 2.03. The van der Waals surface area contributed by atoms with Crippen LogP contribution < -0.4 is 5.73 Å². The summed E-state index contributed by atoms with van der Waals surface area (Å²) < 4.78 is 5.39. The molecule has 5 heteroatoms. The maximum atomic E-state index is 5.69. The third kappa shape index (κ3) is 2.69. The van der Waals surface area contributed by atoms with Gasteiger partial charge in [0.1, 0.15) is 11.3 Å². The standard InChI is InChI=1S/C15H15N3OS/c1-10-9-19-15(17-10)20-14-12(6-7-16)8-11-4-2-3-5-13(11)18-14/h2-5,8-9H,6-7,16H2,1H3. The number of rotatable bonds is 4. The van der Waals surface area contributed by atoms with E-state index in [2.05, 4.69) is 17.1 Å². The van der Waals surface area contributed by atoms with E-state index in [1.165, 1.54) is 11.8 Å². The molecule has 3 rings (SSSR count). The number of nitrogens with two attached hydrogens (primary N) is 1. The predicted molar refractivity (Wildman–Crippen MR) is 79.9 cm³/mol. The molecule has 0 atom stereocenters. The van der Waals surface area contributed by atoms with Crippen molar-refractivity contribution < 1.29 is 4.42 Å². The first kappa shape index (κ1) is 13.1. The number of aromatic nitrogens is 2. The third-order valence-electron chi connectivity index (χ3n) is 2.96. The molecule has 3 aromatic rings. The Morgan fingerprint density at radius 2 is 2.10 bits per heavy atom. The van der Waals surface area contributed by atoms with Gasteiger partial charge in [-0.15, -0.1) is 0 Å². The topological polar surface area (TPSA) is 64.9 Å². The molecule has 0 unspecified atom stereocenters. The van der Waals surface area contributed by atoms with Gasteiger partial charge in [0, 0.05) is 5.39 Å². The van der Waals surface area contributed by atoms with Gasteiger partial charge in [-0.05, 0) is 49.3 Å². The molecule has 0 bridgehead atoms. The Hall–Kier alpha value is -1.85. The van der Waals surface area contributed by atoms with Gasteiger partial charge in [0.2, 0.25) is 0 Å². The van der Waals surface area contributed by atoms with Gasteiger partial charge < -0.3 is 10.2 Å². The van der Waals surface area contributed by atoms with Crippen LogP contribution in [0.2, 0.25) is 0 Å². The molecule has 0 spiro atoms. The number of pyridine rings is 1. The van der Waals surface area contributed by atoms with Gasteiger partial charge in [-0.3, -0.25) is 0 Å². The molecule has 0 aliphatic carbocycles. The summed E-state index contributed by atoms with van der Waals surface area (Å²) in [5.74, 6) is 0. The zero-order valence-electron chi connectivity index (χ0n) is 11.2. The van der Waals surface area contributed by atoms with E-state index >= 15 is 0 Å². The molecule has 2 N–H and O–H groups in total. The second-order valence-corrected chi connectivity index (χ2v) is 5.48. The van der Waals surface area contributed by atoms with Crippen molar-refractivity contribution in [3.05, 3.63) is 47.9 Å². The van der Waals surface area contributed by atoms with Crippen molar-refractivity contribution in [1.82, 2.24) is 9.97 Å². The highest BCUT2D eigenvalue weighted by Gasteiger charge is 2.11. The highest BCUT2D eigenvalue weighted by atomic mass is 32.2. The minimum Gasteiger partial charge on any atom is -0.439 e. The Morgan fingerprint density at radius 3 is 2.85 bits per heavy atom. The Balaban J connectivity index is 2.04. The van der Waals surface area contributed by atoms with Crippen LogP contribution in [0, 0.1) is 6.92 Å². The summed E-state index contributed by atoms with van der Waals surface area (Å²) >= 11 is 1.45. The first-order valence-electron chi connectivity index (χ1n) is 6.45. The van der Waals surface area contributed by atoms with Crippen LogP contribution in [0.4, 0.5) is 0 Å². The molecule has 1 aromatic carbocycles. The van der Waals surface area contributed by atoms with Crippen molar-refractivity contribution in [2.45, 2.75) is 23.6 Å². The van der Waals surface area contributed by atoms with Crippen molar-refractivity contribution in [2.75, 3.05) is 6.54 Å². The normalized spacial score (nSPS) is 11.1. The van der Waals surface area contributed by atoms with Gasteiger partial charge in [-0.1, -0.05) is 18.2 Å². The van der Waals surface area contributed by atoms with Crippen LogP contribution in [0.1, 0.15) is 11.3 Å². The van der Waals surface area contributed by atoms with Gasteiger partial charge in [-0.25, -0.2) is 9.97 Å². The smallest absolute Gasteiger partial charge is 0.262 e. The molecular formula is C15H15N3OS. The molecule has 0 radical (unpaired) electrons. The van der Waals surface area contributed by atoms with Crippen LogP contribution in [-0.4, -0.2) is 16.5 Å². The van der Waals surface area contributed by atoms with Crippen LogP contribution in [0.3, 0.4) is 0 Å². The lowest BCUT2D eigenvalue weighted by Crippen LogP contribution is -2.04. The first-order valence-corrected chi connectivity index (χ1v) is 7.26. The number of hydrogen-bond donors (Lipinski definition) is 1. The molecule has 2 aromatic heterocycles. The predicted octanol–water partition coefficient (Wildman–Crippen LogP) is 3.18. The maximum absolute atomic E-state index is 5.69. The number of benzene rings is 1. The quantitative estimate of drug-likeness (QED) is 0.797. The zero-order valence-corrected chi connectivity index (χ0v) is 12.0. The minimum atomic E-state index is 0.595. The fraction of sp³-hybridized carbons (Fsp3) is 0.200. The highest BCUT2D eigenvalue weighted by Crippen LogP contribution is 2.30. The highest BCUT2D eigenvalue weighted by molar-refractivity contribution is 7.99. The Bertz CT molecular complexity index is 739. The van der Waals surface area contributed by atoms with Crippen LogP contribution in [0.25, 0.3) is 10.9 Å². The molecule has 0 fully saturated rings. The van der Waals surface area contributed by atoms with E-state index in [4.69, 9.17) is 15.1 Å². The average Bonchev–Trinajstić information content (AvgIpc) is 2.85. The molecular weight excluding hydrogens is 270 g/mol. The van der Waals surface area contributed by atoms with Gasteiger partial charge in [0.15, 0.2) is 0 Å². The number of aryl methyl sites for hydroxylation is 1. The van der Waals surface area contributed by atoms with Gasteiger partial charge in [0.25, 0.3) is 5.22 Å². The summed E-state index contributed by atoms with van der Waals surface area (Å²) in [5.41, 5.74) is 8.67. The van der Waals surface area contributed by atoms with E-state index in [0.29, 0.717) is 11.8 Å². The molecule has 0 saturated heterocycles. The van der Waals surface area contributed by atoms with Gasteiger partial charge >= 0.3 is 0 Å². The van der Waals surface area contributed by atoms with Crippen molar-refractivity contribution in [2.24, 2.45) is 5.73 Å². The fourth-order valence-corrected chi connectivity index (χ4v) is 2.91. The molecule has 4 nitrogen and oxygen atoms in total. The number of fused-ring (bicyclic) bond motifs is 1. The van der Waals surface area contributed by atoms with Crippen molar-refractivity contribution in [1.29, 1.82) is 0 Å². The molecule has 2 heterocycles. The van der Waals surface area contributed by atoms with Crippen LogP contribution in [-0.2, 0) is 6.42 Å². The van der Waals surface area contributed by atoms with E-state index in [9.17, 15) is 0 Å². The van der Waals surface area contributed by atoms with E-state index < -0.39 is 0 Å². The summed E-state index contributed by atoms with van der Waals surface area (Å²) in [6.45, 7) is 2.50. The number of hydrogen-bond acceptors (Lipinski definition) is 5. The SMILES string of the molecule is Cc1coc(Sc2nc3ccccc3cc2CCN)n1. The van der Waals surface area contributed by atoms with E-state index in [0.717, 1.165) is 33.6 Å². The van der Waals surface area contributed by atoms with Crippen LogP contribution >= 0.6 is 11.8 Å². The molecule has 0 aliphatic rings. The Morgan fingerprint density at radius 1 is 1.25 bits per heavy atom. The van der Waals surface area contributed by atoms with Crippen molar-refractivity contribution in [3.63, 3.8) is 0 Å². The lowest BCUT2D eigenvalue weighted by molar-refractivity contribution is 0.453. The van der Waals surface area contributed by atoms with E-state index in [1.54, 1.807) is 6.26 Å². The molecule has 0 saturated carbocycles. The third-order valence-corrected chi connectivity index (χ3v) is 3.87. The second kappa shape index (κ2) is 5.64. The molecule has 102 valence electrons. The van der Waals surface area contributed by atoms with E-state index in [1.807, 2.05) is 25.1 Å². The number of nitrogens with zero attached hydrogens (tertiary/aromatic N) is 2. The largest absolute Gasteiger partial charge is 0.439 e. The molecule has 0 amide bonds. The van der Waals surface area contributed by atoms with E-state index in [-0.39, 0.29) is 0 Å². The minimum absolute atomic E-state index is 0.595. The summed E-state index contributed by atoms with van der Waals surface area (Å²) in [6, 6.07) is 10.2. The Kier molecular flexibility index (Phi) is 3.71. The number of para-hydroxylation sites is 1. The molecule has 0 aliphatic heterocycles.